The fourth-order valence-electron chi connectivity index (χ4n) is 1.71. The maximum atomic E-state index is 11.7. The second-order valence-corrected chi connectivity index (χ2v) is 3.98. The third kappa shape index (κ3) is 2.96. The molecule has 2 aromatic rings. The lowest BCUT2D eigenvalue weighted by Crippen LogP contribution is -2.22. The van der Waals surface area contributed by atoms with Crippen LogP contribution in [0.2, 0.25) is 0 Å². The molecule has 0 saturated carbocycles. The van der Waals surface area contributed by atoms with Gasteiger partial charge in [0.05, 0.1) is 17.3 Å². The number of pyridine rings is 1. The van der Waals surface area contributed by atoms with Gasteiger partial charge in [-0.15, -0.1) is 0 Å². The van der Waals surface area contributed by atoms with E-state index < -0.39 is 0 Å². The molecular weight excluding hydrogens is 238 g/mol. The molecular formula is C15H13N3O. The molecule has 19 heavy (non-hydrogen) atoms. The smallest absolute Gasteiger partial charge is 0.251 e. The molecule has 0 radical (unpaired) electrons. The van der Waals surface area contributed by atoms with Crippen LogP contribution in [0.1, 0.15) is 22.8 Å². The Morgan fingerprint density at radius 2 is 2.05 bits per heavy atom. The molecule has 0 saturated heterocycles. The van der Waals surface area contributed by atoms with Crippen LogP contribution in [0.5, 0.6) is 0 Å². The molecule has 1 aromatic carbocycles. The third-order valence-corrected chi connectivity index (χ3v) is 2.67. The summed E-state index contributed by atoms with van der Waals surface area (Å²) in [4.78, 5) is 16.0. The fraction of sp³-hybridized carbons (Fsp3) is 0.133. The van der Waals surface area contributed by atoms with Crippen molar-refractivity contribution in [2.45, 2.75) is 6.92 Å². The van der Waals surface area contributed by atoms with Crippen LogP contribution < -0.4 is 5.32 Å². The maximum Gasteiger partial charge on any atom is 0.251 e. The van der Waals surface area contributed by atoms with Gasteiger partial charge in [0, 0.05) is 23.9 Å². The first-order valence-corrected chi connectivity index (χ1v) is 5.99. The zero-order chi connectivity index (χ0) is 13.7. The van der Waals surface area contributed by atoms with Crippen molar-refractivity contribution in [2.24, 2.45) is 0 Å². The van der Waals surface area contributed by atoms with Crippen molar-refractivity contribution >= 4 is 5.91 Å². The summed E-state index contributed by atoms with van der Waals surface area (Å²) < 4.78 is 0. The minimum atomic E-state index is -0.111. The molecule has 1 N–H and O–H groups in total. The Bertz CT molecular complexity index is 627. The summed E-state index contributed by atoms with van der Waals surface area (Å²) >= 11 is 0. The number of nitrogens with one attached hydrogen (secondary N) is 1. The minimum absolute atomic E-state index is 0.111. The first-order chi connectivity index (χ1) is 9.24. The largest absolute Gasteiger partial charge is 0.352 e. The molecule has 1 heterocycles. The topological polar surface area (TPSA) is 65.8 Å². The molecule has 94 valence electrons. The predicted molar refractivity (Wildman–Crippen MR) is 72.4 cm³/mol. The van der Waals surface area contributed by atoms with Crippen molar-refractivity contribution < 1.29 is 4.79 Å². The Balaban J connectivity index is 2.32. The van der Waals surface area contributed by atoms with E-state index in [9.17, 15) is 4.79 Å². The average Bonchev–Trinajstić information content (AvgIpc) is 2.48. The summed E-state index contributed by atoms with van der Waals surface area (Å²) in [6.07, 6.45) is 1.61. The number of benzene rings is 1. The predicted octanol–water partition coefficient (Wildman–Crippen LogP) is 2.37. The van der Waals surface area contributed by atoms with Gasteiger partial charge in [0.15, 0.2) is 0 Å². The standard InChI is InChI=1S/C15H13N3O/c1-2-17-15(19)13-7-8-18-14(9-13)12-5-3-11(10-16)4-6-12/h3-9H,2H2,1H3,(H,17,19). The zero-order valence-electron chi connectivity index (χ0n) is 10.6. The third-order valence-electron chi connectivity index (χ3n) is 2.67. The monoisotopic (exact) mass is 251 g/mol. The maximum absolute atomic E-state index is 11.7. The van der Waals surface area contributed by atoms with Crippen LogP contribution in [0.15, 0.2) is 42.6 Å². The zero-order valence-corrected chi connectivity index (χ0v) is 10.6. The van der Waals surface area contributed by atoms with Crippen LogP contribution in [-0.2, 0) is 0 Å². The second-order valence-electron chi connectivity index (χ2n) is 3.98. The van der Waals surface area contributed by atoms with Gasteiger partial charge in [-0.25, -0.2) is 0 Å². The van der Waals surface area contributed by atoms with E-state index in [4.69, 9.17) is 5.26 Å². The van der Waals surface area contributed by atoms with E-state index in [1.54, 1.807) is 30.5 Å². The number of hydrogen-bond donors (Lipinski definition) is 1. The van der Waals surface area contributed by atoms with Crippen LogP contribution in [0.25, 0.3) is 11.3 Å². The molecule has 2 rings (SSSR count). The first-order valence-electron chi connectivity index (χ1n) is 5.99. The van der Waals surface area contributed by atoms with E-state index in [1.165, 1.54) is 0 Å². The number of nitriles is 1. The van der Waals surface area contributed by atoms with E-state index >= 15 is 0 Å². The Labute approximate surface area is 111 Å². The molecule has 1 aromatic heterocycles. The lowest BCUT2D eigenvalue weighted by molar-refractivity contribution is 0.0956. The van der Waals surface area contributed by atoms with Crippen molar-refractivity contribution in [1.82, 2.24) is 10.3 Å². The van der Waals surface area contributed by atoms with Gasteiger partial charge in [0.25, 0.3) is 5.91 Å². The Hall–Kier alpha value is -2.67. The Morgan fingerprint density at radius 1 is 1.32 bits per heavy atom. The molecule has 0 aliphatic rings. The molecule has 0 spiro atoms. The second kappa shape index (κ2) is 5.78. The average molecular weight is 251 g/mol. The molecule has 1 amide bonds. The number of rotatable bonds is 3. The molecule has 4 nitrogen and oxygen atoms in total. The van der Waals surface area contributed by atoms with Gasteiger partial charge in [0.1, 0.15) is 0 Å². The number of hydrogen-bond acceptors (Lipinski definition) is 3. The summed E-state index contributed by atoms with van der Waals surface area (Å²) in [7, 11) is 0. The molecule has 0 bridgehead atoms. The summed E-state index contributed by atoms with van der Waals surface area (Å²) in [5.41, 5.74) is 2.78. The van der Waals surface area contributed by atoms with Crippen molar-refractivity contribution in [2.75, 3.05) is 6.54 Å². The van der Waals surface area contributed by atoms with E-state index in [1.807, 2.05) is 19.1 Å². The Kier molecular flexibility index (Phi) is 3.89. The van der Waals surface area contributed by atoms with Crippen molar-refractivity contribution in [3.63, 3.8) is 0 Å². The summed E-state index contributed by atoms with van der Waals surface area (Å²) in [5.74, 6) is -0.111. The van der Waals surface area contributed by atoms with Crippen LogP contribution in [0.4, 0.5) is 0 Å². The van der Waals surface area contributed by atoms with Crippen LogP contribution in [-0.4, -0.2) is 17.4 Å². The van der Waals surface area contributed by atoms with Crippen LogP contribution in [0.3, 0.4) is 0 Å². The van der Waals surface area contributed by atoms with Crippen molar-refractivity contribution in [3.05, 3.63) is 53.7 Å². The molecule has 0 unspecified atom stereocenters. The van der Waals surface area contributed by atoms with Crippen LogP contribution >= 0.6 is 0 Å². The first kappa shape index (κ1) is 12.8. The molecule has 0 aliphatic heterocycles. The van der Waals surface area contributed by atoms with Gasteiger partial charge in [-0.2, -0.15) is 5.26 Å². The van der Waals surface area contributed by atoms with Gasteiger partial charge < -0.3 is 5.32 Å². The quantitative estimate of drug-likeness (QED) is 0.910. The number of nitrogens with zero attached hydrogens (tertiary/aromatic N) is 2. The van der Waals surface area contributed by atoms with Crippen LogP contribution in [0, 0.1) is 11.3 Å². The minimum Gasteiger partial charge on any atom is -0.352 e. The Morgan fingerprint density at radius 3 is 2.68 bits per heavy atom. The summed E-state index contributed by atoms with van der Waals surface area (Å²) in [5, 5.41) is 11.5. The van der Waals surface area contributed by atoms with E-state index in [2.05, 4.69) is 16.4 Å². The van der Waals surface area contributed by atoms with Gasteiger partial charge in [-0.1, -0.05) is 12.1 Å². The SMILES string of the molecule is CCNC(=O)c1ccnc(-c2ccc(C#N)cc2)c1. The number of amides is 1. The lowest BCUT2D eigenvalue weighted by Gasteiger charge is -2.05. The van der Waals surface area contributed by atoms with Crippen molar-refractivity contribution in [3.8, 4) is 17.3 Å². The molecule has 4 heteroatoms. The summed E-state index contributed by atoms with van der Waals surface area (Å²) in [6.45, 7) is 2.47. The fourth-order valence-corrected chi connectivity index (χ4v) is 1.71. The van der Waals surface area contributed by atoms with Gasteiger partial charge in [-0.05, 0) is 31.2 Å². The molecule has 0 atom stereocenters. The molecule has 0 aliphatic carbocycles. The van der Waals surface area contributed by atoms with Crippen molar-refractivity contribution in [1.29, 1.82) is 5.26 Å². The highest BCUT2D eigenvalue weighted by Gasteiger charge is 2.06. The van der Waals surface area contributed by atoms with Gasteiger partial charge >= 0.3 is 0 Å². The van der Waals surface area contributed by atoms with Gasteiger partial charge in [0.2, 0.25) is 0 Å². The summed E-state index contributed by atoms with van der Waals surface area (Å²) in [6, 6.07) is 12.6. The highest BCUT2D eigenvalue weighted by molar-refractivity contribution is 5.95. The number of carbonyl (C=O) groups is 1. The number of aromatic nitrogens is 1. The van der Waals surface area contributed by atoms with E-state index in [-0.39, 0.29) is 5.91 Å². The van der Waals surface area contributed by atoms with E-state index in [0.29, 0.717) is 23.4 Å². The normalized spacial score (nSPS) is 9.68. The highest BCUT2D eigenvalue weighted by atomic mass is 16.1. The highest BCUT2D eigenvalue weighted by Crippen LogP contribution is 2.18. The number of carbonyl (C=O) groups excluding carboxylic acids is 1. The lowest BCUT2D eigenvalue weighted by atomic mass is 10.1. The molecule has 0 fully saturated rings. The van der Waals surface area contributed by atoms with E-state index in [0.717, 1.165) is 5.56 Å². The van der Waals surface area contributed by atoms with Gasteiger partial charge in [-0.3, -0.25) is 9.78 Å².